The third-order valence-corrected chi connectivity index (χ3v) is 7.93. The van der Waals surface area contributed by atoms with Gasteiger partial charge in [0.2, 0.25) is 5.91 Å². The van der Waals surface area contributed by atoms with Crippen LogP contribution in [-0.2, 0) is 11.2 Å². The predicted octanol–water partition coefficient (Wildman–Crippen LogP) is 6.00. The average molecular weight is 518 g/mol. The Morgan fingerprint density at radius 1 is 0.889 bits per heavy atom. The standard InChI is InChI=1S/C29H28ClN3O2S/c1-20-6-3-4-8-26(20)33-21(2)25(19-27(33)22-9-11-23(30)12-10-22)29(35)32-15-13-31(14-16-32)28(34)18-24-7-5-17-36-24/h3-12,17,19H,13-16,18H2,1-2H3. The van der Waals surface area contributed by atoms with E-state index in [1.165, 1.54) is 0 Å². The van der Waals surface area contributed by atoms with E-state index in [9.17, 15) is 9.59 Å². The molecule has 3 heterocycles. The number of aryl methyl sites for hydroxylation is 1. The van der Waals surface area contributed by atoms with Crippen molar-refractivity contribution in [2.45, 2.75) is 20.3 Å². The summed E-state index contributed by atoms with van der Waals surface area (Å²) in [6, 6.07) is 21.8. The van der Waals surface area contributed by atoms with Crippen molar-refractivity contribution in [3.63, 3.8) is 0 Å². The van der Waals surface area contributed by atoms with Gasteiger partial charge in [0.1, 0.15) is 0 Å². The highest BCUT2D eigenvalue weighted by atomic mass is 35.5. The number of amides is 2. The molecule has 36 heavy (non-hydrogen) atoms. The summed E-state index contributed by atoms with van der Waals surface area (Å²) in [6.45, 7) is 6.24. The zero-order valence-corrected chi connectivity index (χ0v) is 22.0. The fraction of sp³-hybridized carbons (Fsp3) is 0.241. The van der Waals surface area contributed by atoms with Crippen molar-refractivity contribution in [3.05, 3.63) is 98.8 Å². The molecule has 0 unspecified atom stereocenters. The largest absolute Gasteiger partial charge is 0.339 e. The van der Waals surface area contributed by atoms with Crippen LogP contribution in [0.15, 0.2) is 72.1 Å². The number of halogens is 1. The summed E-state index contributed by atoms with van der Waals surface area (Å²) in [5.74, 6) is 0.122. The van der Waals surface area contributed by atoms with Crippen LogP contribution in [0.2, 0.25) is 5.02 Å². The summed E-state index contributed by atoms with van der Waals surface area (Å²) in [4.78, 5) is 31.2. The lowest BCUT2D eigenvalue weighted by molar-refractivity contribution is -0.131. The molecule has 0 aliphatic carbocycles. The maximum atomic E-state index is 13.7. The van der Waals surface area contributed by atoms with Crippen molar-refractivity contribution in [1.29, 1.82) is 0 Å². The van der Waals surface area contributed by atoms with Gasteiger partial charge in [0.25, 0.3) is 5.91 Å². The summed E-state index contributed by atoms with van der Waals surface area (Å²) in [7, 11) is 0. The number of hydrogen-bond acceptors (Lipinski definition) is 3. The molecule has 0 atom stereocenters. The first-order chi connectivity index (χ1) is 17.4. The van der Waals surface area contributed by atoms with Crippen LogP contribution < -0.4 is 0 Å². The van der Waals surface area contributed by atoms with Crippen LogP contribution in [0.25, 0.3) is 16.9 Å². The van der Waals surface area contributed by atoms with Crippen molar-refractivity contribution in [3.8, 4) is 16.9 Å². The summed E-state index contributed by atoms with van der Waals surface area (Å²) < 4.78 is 2.16. The first kappa shape index (κ1) is 24.3. The SMILES string of the molecule is Cc1ccccc1-n1c(-c2ccc(Cl)cc2)cc(C(=O)N2CCN(C(=O)Cc3cccs3)CC2)c1C. The van der Waals surface area contributed by atoms with E-state index in [0.717, 1.165) is 33.1 Å². The van der Waals surface area contributed by atoms with Gasteiger partial charge in [0.05, 0.1) is 17.7 Å². The van der Waals surface area contributed by atoms with E-state index >= 15 is 0 Å². The minimum atomic E-state index is 0.000374. The van der Waals surface area contributed by atoms with Gasteiger partial charge in [-0.3, -0.25) is 9.59 Å². The highest BCUT2D eigenvalue weighted by Crippen LogP contribution is 2.32. The van der Waals surface area contributed by atoms with E-state index in [-0.39, 0.29) is 11.8 Å². The van der Waals surface area contributed by atoms with Crippen LogP contribution in [-0.4, -0.2) is 52.4 Å². The van der Waals surface area contributed by atoms with Gasteiger partial charge in [-0.1, -0.05) is 48.0 Å². The number of para-hydroxylation sites is 1. The summed E-state index contributed by atoms with van der Waals surface area (Å²) in [6.07, 6.45) is 0.425. The lowest BCUT2D eigenvalue weighted by Gasteiger charge is -2.34. The van der Waals surface area contributed by atoms with Crippen LogP contribution in [0.3, 0.4) is 0 Å². The second kappa shape index (κ2) is 10.3. The van der Waals surface area contributed by atoms with Crippen LogP contribution in [0.4, 0.5) is 0 Å². The van der Waals surface area contributed by atoms with Gasteiger partial charge >= 0.3 is 0 Å². The van der Waals surface area contributed by atoms with Crippen LogP contribution >= 0.6 is 22.9 Å². The van der Waals surface area contributed by atoms with Crippen molar-refractivity contribution in [2.75, 3.05) is 26.2 Å². The van der Waals surface area contributed by atoms with E-state index in [1.807, 2.05) is 76.7 Å². The third-order valence-electron chi connectivity index (χ3n) is 6.80. The minimum Gasteiger partial charge on any atom is -0.339 e. The molecule has 0 spiro atoms. The molecule has 7 heteroatoms. The van der Waals surface area contributed by atoms with Gasteiger partial charge in [-0.2, -0.15) is 0 Å². The molecule has 2 amide bonds. The summed E-state index contributed by atoms with van der Waals surface area (Å²) in [5.41, 5.74) is 5.70. The molecule has 1 saturated heterocycles. The fourth-order valence-electron chi connectivity index (χ4n) is 4.78. The predicted molar refractivity (Wildman–Crippen MR) is 146 cm³/mol. The second-order valence-electron chi connectivity index (χ2n) is 9.09. The van der Waals surface area contributed by atoms with Gasteiger partial charge in [0, 0.05) is 47.5 Å². The van der Waals surface area contributed by atoms with Crippen molar-refractivity contribution in [1.82, 2.24) is 14.4 Å². The molecular weight excluding hydrogens is 490 g/mol. The Labute approximate surface area is 220 Å². The molecule has 0 N–H and O–H groups in total. The molecule has 1 fully saturated rings. The maximum absolute atomic E-state index is 13.7. The average Bonchev–Trinajstić information content (AvgIpc) is 3.52. The second-order valence-corrected chi connectivity index (χ2v) is 10.6. The number of nitrogens with zero attached hydrogens (tertiary/aromatic N) is 3. The van der Waals surface area contributed by atoms with E-state index < -0.39 is 0 Å². The fourth-order valence-corrected chi connectivity index (χ4v) is 5.61. The zero-order chi connectivity index (χ0) is 25.2. The summed E-state index contributed by atoms with van der Waals surface area (Å²) >= 11 is 7.75. The van der Waals surface area contributed by atoms with Crippen LogP contribution in [0.1, 0.15) is 26.5 Å². The smallest absolute Gasteiger partial charge is 0.255 e. The molecular formula is C29H28ClN3O2S. The first-order valence-corrected chi connectivity index (χ1v) is 13.3. The van der Waals surface area contributed by atoms with Gasteiger partial charge < -0.3 is 14.4 Å². The number of benzene rings is 2. The van der Waals surface area contributed by atoms with Crippen molar-refractivity contribution in [2.24, 2.45) is 0 Å². The molecule has 1 aliphatic rings. The normalized spacial score (nSPS) is 13.8. The lowest BCUT2D eigenvalue weighted by atomic mass is 10.1. The number of carbonyl (C=O) groups is 2. The molecule has 2 aromatic carbocycles. The first-order valence-electron chi connectivity index (χ1n) is 12.1. The zero-order valence-electron chi connectivity index (χ0n) is 20.4. The topological polar surface area (TPSA) is 45.6 Å². The van der Waals surface area contributed by atoms with E-state index in [1.54, 1.807) is 11.3 Å². The number of hydrogen-bond donors (Lipinski definition) is 0. The molecule has 184 valence electrons. The molecule has 0 bridgehead atoms. The van der Waals surface area contributed by atoms with E-state index in [2.05, 4.69) is 23.6 Å². The van der Waals surface area contributed by atoms with Crippen LogP contribution in [0, 0.1) is 13.8 Å². The number of thiophene rings is 1. The monoisotopic (exact) mass is 517 g/mol. The number of rotatable bonds is 5. The molecule has 2 aromatic heterocycles. The van der Waals surface area contributed by atoms with Crippen molar-refractivity contribution < 1.29 is 9.59 Å². The third kappa shape index (κ3) is 4.84. The van der Waals surface area contributed by atoms with E-state index in [0.29, 0.717) is 43.2 Å². The number of carbonyl (C=O) groups excluding carboxylic acids is 2. The van der Waals surface area contributed by atoms with E-state index in [4.69, 9.17) is 11.6 Å². The Bertz CT molecular complexity index is 1380. The highest BCUT2D eigenvalue weighted by Gasteiger charge is 2.28. The number of piperazine rings is 1. The van der Waals surface area contributed by atoms with Crippen molar-refractivity contribution >= 4 is 34.8 Å². The molecule has 0 saturated carbocycles. The Hall–Kier alpha value is -3.35. The van der Waals surface area contributed by atoms with Gasteiger partial charge in [0.15, 0.2) is 0 Å². The Kier molecular flexibility index (Phi) is 6.99. The van der Waals surface area contributed by atoms with Gasteiger partial charge in [-0.05, 0) is 60.7 Å². The molecule has 5 rings (SSSR count). The van der Waals surface area contributed by atoms with Gasteiger partial charge in [-0.25, -0.2) is 0 Å². The maximum Gasteiger partial charge on any atom is 0.255 e. The molecule has 5 nitrogen and oxygen atoms in total. The molecule has 4 aromatic rings. The molecule has 0 radical (unpaired) electrons. The Morgan fingerprint density at radius 2 is 1.58 bits per heavy atom. The van der Waals surface area contributed by atoms with Crippen LogP contribution in [0.5, 0.6) is 0 Å². The summed E-state index contributed by atoms with van der Waals surface area (Å²) in [5, 5.41) is 2.66. The quantitative estimate of drug-likeness (QED) is 0.326. The minimum absolute atomic E-state index is 0.000374. The lowest BCUT2D eigenvalue weighted by Crippen LogP contribution is -2.51. The highest BCUT2D eigenvalue weighted by molar-refractivity contribution is 7.10. The Balaban J connectivity index is 1.41. The molecule has 1 aliphatic heterocycles. The Morgan fingerprint density at radius 3 is 2.25 bits per heavy atom. The number of aromatic nitrogens is 1. The van der Waals surface area contributed by atoms with Gasteiger partial charge in [-0.15, -0.1) is 11.3 Å².